The summed E-state index contributed by atoms with van der Waals surface area (Å²) < 4.78 is 0. The zero-order chi connectivity index (χ0) is 12.5. The van der Waals surface area contributed by atoms with Gasteiger partial charge in [0.05, 0.1) is 0 Å². The molecule has 1 heterocycles. The molecule has 0 unspecified atom stereocenters. The van der Waals surface area contributed by atoms with Crippen LogP contribution >= 0.6 is 0 Å². The first kappa shape index (κ1) is 13.8. The second-order valence-corrected chi connectivity index (χ2v) is 6.72. The smallest absolute Gasteiger partial charge is 0.0201 e. The summed E-state index contributed by atoms with van der Waals surface area (Å²) in [5.41, 5.74) is 3.75. The lowest BCUT2D eigenvalue weighted by atomic mass is 9.77. The van der Waals surface area contributed by atoms with Crippen molar-refractivity contribution >= 4 is 0 Å². The predicted molar refractivity (Wildman–Crippen MR) is 72.6 cm³/mol. The molecule has 0 aliphatic carbocycles. The highest BCUT2D eigenvalue weighted by Gasteiger charge is 2.28. The molecule has 0 bridgehead atoms. The molecule has 1 nitrogen and oxygen atoms in total. The van der Waals surface area contributed by atoms with Gasteiger partial charge in [-0.3, -0.25) is 4.90 Å². The van der Waals surface area contributed by atoms with Crippen molar-refractivity contribution in [1.82, 2.24) is 4.90 Å². The third kappa shape index (κ3) is 3.10. The Morgan fingerprint density at radius 1 is 1.06 bits per heavy atom. The van der Waals surface area contributed by atoms with Crippen molar-refractivity contribution < 1.29 is 0 Å². The van der Waals surface area contributed by atoms with Gasteiger partial charge in [0, 0.05) is 19.1 Å². The third-order valence-electron chi connectivity index (χ3n) is 3.74. The van der Waals surface area contributed by atoms with E-state index in [0.717, 1.165) is 0 Å². The van der Waals surface area contributed by atoms with Crippen molar-refractivity contribution in [1.29, 1.82) is 0 Å². The molecule has 0 saturated heterocycles. The van der Waals surface area contributed by atoms with Crippen LogP contribution in [0.2, 0.25) is 0 Å². The summed E-state index contributed by atoms with van der Waals surface area (Å²) >= 11 is 0. The molecule has 0 amide bonds. The highest BCUT2D eigenvalue weighted by molar-refractivity contribution is 5.25. The Balaban J connectivity index is 2.98. The Morgan fingerprint density at radius 3 is 2.00 bits per heavy atom. The van der Waals surface area contributed by atoms with E-state index in [4.69, 9.17) is 0 Å². The molecule has 0 aromatic carbocycles. The van der Waals surface area contributed by atoms with Crippen LogP contribution in [0.15, 0.2) is 11.1 Å². The van der Waals surface area contributed by atoms with Crippen molar-refractivity contribution in [3.8, 4) is 0 Å². The zero-order valence-electron chi connectivity index (χ0n) is 12.2. The molecule has 0 radical (unpaired) electrons. The van der Waals surface area contributed by atoms with Crippen LogP contribution in [0.5, 0.6) is 0 Å². The normalized spacial score (nSPS) is 20.1. The maximum Gasteiger partial charge on any atom is 0.0201 e. The summed E-state index contributed by atoms with van der Waals surface area (Å²) in [5.74, 6) is 0.691. The van der Waals surface area contributed by atoms with Crippen molar-refractivity contribution in [2.45, 2.75) is 60.9 Å². The van der Waals surface area contributed by atoms with Crippen LogP contribution in [0.3, 0.4) is 0 Å². The second kappa shape index (κ2) is 4.91. The van der Waals surface area contributed by atoms with Gasteiger partial charge in [-0.05, 0) is 31.6 Å². The molecule has 16 heavy (non-hydrogen) atoms. The first-order valence-electron chi connectivity index (χ1n) is 6.70. The lowest BCUT2D eigenvalue weighted by Crippen LogP contribution is -2.39. The Labute approximate surface area is 102 Å². The molecule has 0 aromatic heterocycles. The maximum atomic E-state index is 2.60. The monoisotopic (exact) mass is 223 g/mol. The van der Waals surface area contributed by atoms with E-state index in [-0.39, 0.29) is 0 Å². The molecule has 1 rings (SSSR count). The first-order valence-corrected chi connectivity index (χ1v) is 6.70. The van der Waals surface area contributed by atoms with Crippen molar-refractivity contribution in [3.63, 3.8) is 0 Å². The molecule has 0 fully saturated rings. The van der Waals surface area contributed by atoms with E-state index < -0.39 is 0 Å². The van der Waals surface area contributed by atoms with Gasteiger partial charge in [-0.2, -0.15) is 0 Å². The summed E-state index contributed by atoms with van der Waals surface area (Å²) in [4.78, 5) is 2.60. The summed E-state index contributed by atoms with van der Waals surface area (Å²) in [6.45, 7) is 18.8. The van der Waals surface area contributed by atoms with E-state index in [9.17, 15) is 0 Å². The van der Waals surface area contributed by atoms with Gasteiger partial charge < -0.3 is 0 Å². The van der Waals surface area contributed by atoms with E-state index in [1.165, 1.54) is 19.5 Å². The second-order valence-electron chi connectivity index (χ2n) is 6.72. The van der Waals surface area contributed by atoms with Gasteiger partial charge >= 0.3 is 0 Å². The molecule has 1 aliphatic rings. The van der Waals surface area contributed by atoms with Gasteiger partial charge in [0.25, 0.3) is 0 Å². The number of nitrogens with zero attached hydrogens (tertiary/aromatic N) is 1. The van der Waals surface area contributed by atoms with Crippen LogP contribution in [0.1, 0.15) is 54.9 Å². The SMILES string of the molecule is CC(C)C1=C(C(C)(C)C)CCN(C(C)C)C1. The Morgan fingerprint density at radius 2 is 1.62 bits per heavy atom. The Bertz CT molecular complexity index is 266. The number of hydrogen-bond donors (Lipinski definition) is 0. The summed E-state index contributed by atoms with van der Waals surface area (Å²) in [7, 11) is 0. The third-order valence-corrected chi connectivity index (χ3v) is 3.74. The van der Waals surface area contributed by atoms with E-state index in [1.807, 2.05) is 0 Å². The van der Waals surface area contributed by atoms with Crippen molar-refractivity contribution in [2.24, 2.45) is 11.3 Å². The van der Waals surface area contributed by atoms with E-state index in [2.05, 4.69) is 53.4 Å². The van der Waals surface area contributed by atoms with Gasteiger partial charge in [-0.1, -0.05) is 45.8 Å². The van der Waals surface area contributed by atoms with Gasteiger partial charge in [-0.25, -0.2) is 0 Å². The summed E-state index contributed by atoms with van der Waals surface area (Å²) in [6, 6.07) is 0.676. The number of hydrogen-bond acceptors (Lipinski definition) is 1. The Hall–Kier alpha value is -0.300. The minimum Gasteiger partial charge on any atom is -0.297 e. The highest BCUT2D eigenvalue weighted by atomic mass is 15.1. The lowest BCUT2D eigenvalue weighted by molar-refractivity contribution is 0.214. The fourth-order valence-corrected chi connectivity index (χ4v) is 2.64. The minimum absolute atomic E-state index is 0.350. The van der Waals surface area contributed by atoms with Crippen molar-refractivity contribution in [2.75, 3.05) is 13.1 Å². The van der Waals surface area contributed by atoms with E-state index >= 15 is 0 Å². The molecule has 1 heteroatoms. The molecule has 0 aromatic rings. The fraction of sp³-hybridized carbons (Fsp3) is 0.867. The van der Waals surface area contributed by atoms with Crippen LogP contribution < -0.4 is 0 Å². The topological polar surface area (TPSA) is 3.24 Å². The largest absolute Gasteiger partial charge is 0.297 e. The zero-order valence-corrected chi connectivity index (χ0v) is 12.2. The number of rotatable bonds is 2. The molecular weight excluding hydrogens is 194 g/mol. The predicted octanol–water partition coefficient (Wildman–Crippen LogP) is 4.10. The molecule has 1 aliphatic heterocycles. The van der Waals surface area contributed by atoms with Crippen LogP contribution in [0, 0.1) is 11.3 Å². The lowest BCUT2D eigenvalue weighted by Gasteiger charge is -2.39. The van der Waals surface area contributed by atoms with Gasteiger partial charge in [0.2, 0.25) is 0 Å². The minimum atomic E-state index is 0.350. The average Bonchev–Trinajstić information content (AvgIpc) is 2.15. The average molecular weight is 223 g/mol. The van der Waals surface area contributed by atoms with Crippen LogP contribution in [-0.2, 0) is 0 Å². The van der Waals surface area contributed by atoms with E-state index in [1.54, 1.807) is 11.1 Å². The maximum absolute atomic E-state index is 2.60. The highest BCUT2D eigenvalue weighted by Crippen LogP contribution is 2.36. The van der Waals surface area contributed by atoms with Crippen molar-refractivity contribution in [3.05, 3.63) is 11.1 Å². The van der Waals surface area contributed by atoms with E-state index in [0.29, 0.717) is 17.4 Å². The standard InChI is InChI=1S/C15H29N/c1-11(2)13-10-16(12(3)4)9-8-14(13)15(5,6)7/h11-12H,8-10H2,1-7H3. The molecule has 94 valence electrons. The Kier molecular flexibility index (Phi) is 4.23. The molecular formula is C15H29N. The quantitative estimate of drug-likeness (QED) is 0.637. The van der Waals surface area contributed by atoms with Crippen LogP contribution in [0.25, 0.3) is 0 Å². The van der Waals surface area contributed by atoms with Gasteiger partial charge in [0.15, 0.2) is 0 Å². The fourth-order valence-electron chi connectivity index (χ4n) is 2.64. The summed E-state index contributed by atoms with van der Waals surface area (Å²) in [6.07, 6.45) is 1.26. The van der Waals surface area contributed by atoms with Gasteiger partial charge in [0.1, 0.15) is 0 Å². The first-order chi connectivity index (χ1) is 7.23. The molecule has 0 saturated carbocycles. The molecule has 0 atom stereocenters. The molecule has 0 spiro atoms. The summed E-state index contributed by atoms with van der Waals surface area (Å²) in [5, 5.41) is 0. The van der Waals surface area contributed by atoms with Gasteiger partial charge in [-0.15, -0.1) is 0 Å². The van der Waals surface area contributed by atoms with Crippen LogP contribution in [0.4, 0.5) is 0 Å². The molecule has 0 N–H and O–H groups in total. The van der Waals surface area contributed by atoms with Crippen LogP contribution in [-0.4, -0.2) is 24.0 Å².